The average Bonchev–Trinajstić information content (AvgIpc) is 2.13. The third kappa shape index (κ3) is 2.23. The lowest BCUT2D eigenvalue weighted by Crippen LogP contribution is -2.04. The first-order chi connectivity index (χ1) is 6.56. The molecule has 0 saturated carbocycles. The topological polar surface area (TPSA) is 46.2 Å². The van der Waals surface area contributed by atoms with Crippen LogP contribution in [0.1, 0.15) is 29.3 Å². The van der Waals surface area contributed by atoms with Crippen LogP contribution in [-0.4, -0.2) is 11.7 Å². The summed E-state index contributed by atoms with van der Waals surface area (Å²) >= 11 is 0. The lowest BCUT2D eigenvalue weighted by molar-refractivity contribution is 0.327. The monoisotopic (exact) mass is 197 g/mol. The van der Waals surface area contributed by atoms with Crippen LogP contribution < -0.4 is 5.73 Å². The number of benzene rings is 1. The summed E-state index contributed by atoms with van der Waals surface area (Å²) in [7, 11) is 0. The summed E-state index contributed by atoms with van der Waals surface area (Å²) in [4.78, 5) is 0. The van der Waals surface area contributed by atoms with Crippen LogP contribution in [0.15, 0.2) is 12.1 Å². The van der Waals surface area contributed by atoms with Crippen molar-refractivity contribution >= 4 is 0 Å². The van der Waals surface area contributed by atoms with Gasteiger partial charge in [-0.2, -0.15) is 0 Å². The van der Waals surface area contributed by atoms with Crippen LogP contribution in [0.4, 0.5) is 4.39 Å². The number of alkyl halides is 1. The van der Waals surface area contributed by atoms with Gasteiger partial charge in [-0.1, -0.05) is 0 Å². The van der Waals surface area contributed by atoms with Gasteiger partial charge >= 0.3 is 0 Å². The third-order valence-electron chi connectivity index (χ3n) is 2.30. The van der Waals surface area contributed by atoms with Gasteiger partial charge in [0.2, 0.25) is 0 Å². The quantitative estimate of drug-likeness (QED) is 0.781. The molecule has 1 unspecified atom stereocenters. The van der Waals surface area contributed by atoms with Gasteiger partial charge in [0, 0.05) is 0 Å². The van der Waals surface area contributed by atoms with Crippen LogP contribution in [0.25, 0.3) is 0 Å². The standard InChI is InChI=1S/C11H16FNO/c1-7-5-9(10(12)3-4-13)6-8(2)11(7)14/h5-6,10,14H,3-4,13H2,1-2H3. The van der Waals surface area contributed by atoms with Crippen molar-refractivity contribution in [2.24, 2.45) is 5.73 Å². The second-order valence-electron chi connectivity index (χ2n) is 3.55. The molecule has 3 heteroatoms. The fraction of sp³-hybridized carbons (Fsp3) is 0.455. The van der Waals surface area contributed by atoms with Crippen LogP contribution >= 0.6 is 0 Å². The summed E-state index contributed by atoms with van der Waals surface area (Å²) in [5.41, 5.74) is 7.30. The molecule has 0 saturated heterocycles. The molecule has 0 aliphatic rings. The summed E-state index contributed by atoms with van der Waals surface area (Å²) in [6.45, 7) is 3.86. The van der Waals surface area contributed by atoms with Crippen LogP contribution in [-0.2, 0) is 0 Å². The molecule has 0 aromatic heterocycles. The summed E-state index contributed by atoms with van der Waals surface area (Å²) in [6.07, 6.45) is -0.707. The van der Waals surface area contributed by atoms with E-state index >= 15 is 0 Å². The summed E-state index contributed by atoms with van der Waals surface area (Å²) < 4.78 is 13.5. The maximum Gasteiger partial charge on any atom is 0.126 e. The van der Waals surface area contributed by atoms with Gasteiger partial charge in [-0.05, 0) is 55.6 Å². The Morgan fingerprint density at radius 2 is 1.86 bits per heavy atom. The van der Waals surface area contributed by atoms with E-state index in [4.69, 9.17) is 5.73 Å². The molecule has 0 aliphatic heterocycles. The number of halogens is 1. The molecule has 0 amide bonds. The van der Waals surface area contributed by atoms with E-state index < -0.39 is 6.17 Å². The molecule has 2 nitrogen and oxygen atoms in total. The Morgan fingerprint density at radius 3 is 2.29 bits per heavy atom. The van der Waals surface area contributed by atoms with Gasteiger partial charge in [-0.25, -0.2) is 4.39 Å². The highest BCUT2D eigenvalue weighted by molar-refractivity contribution is 5.42. The van der Waals surface area contributed by atoms with Crippen molar-refractivity contribution in [3.05, 3.63) is 28.8 Å². The minimum absolute atomic E-state index is 0.244. The minimum atomic E-state index is -1.03. The second-order valence-corrected chi connectivity index (χ2v) is 3.55. The van der Waals surface area contributed by atoms with E-state index in [0.717, 1.165) is 0 Å². The molecule has 0 spiro atoms. The number of aromatic hydroxyl groups is 1. The van der Waals surface area contributed by atoms with E-state index in [9.17, 15) is 9.50 Å². The van der Waals surface area contributed by atoms with Crippen molar-refractivity contribution in [3.8, 4) is 5.75 Å². The maximum atomic E-state index is 13.5. The van der Waals surface area contributed by atoms with E-state index in [2.05, 4.69) is 0 Å². The Balaban J connectivity index is 3.00. The van der Waals surface area contributed by atoms with Gasteiger partial charge in [0.05, 0.1) is 0 Å². The van der Waals surface area contributed by atoms with Gasteiger partial charge in [0.25, 0.3) is 0 Å². The van der Waals surface area contributed by atoms with Crippen molar-refractivity contribution in [2.45, 2.75) is 26.4 Å². The highest BCUT2D eigenvalue weighted by Crippen LogP contribution is 2.28. The van der Waals surface area contributed by atoms with Gasteiger partial charge in [-0.15, -0.1) is 0 Å². The normalized spacial score (nSPS) is 12.9. The van der Waals surface area contributed by atoms with Crippen molar-refractivity contribution in [1.29, 1.82) is 0 Å². The third-order valence-corrected chi connectivity index (χ3v) is 2.30. The Hall–Kier alpha value is -1.09. The Bertz CT molecular complexity index is 302. The zero-order chi connectivity index (χ0) is 10.7. The van der Waals surface area contributed by atoms with Crippen LogP contribution in [0.5, 0.6) is 5.75 Å². The van der Waals surface area contributed by atoms with Crippen molar-refractivity contribution in [1.82, 2.24) is 0 Å². The first-order valence-electron chi connectivity index (χ1n) is 4.70. The van der Waals surface area contributed by atoms with Crippen molar-refractivity contribution < 1.29 is 9.50 Å². The highest BCUT2D eigenvalue weighted by Gasteiger charge is 2.11. The lowest BCUT2D eigenvalue weighted by atomic mass is 10.0. The number of rotatable bonds is 3. The van der Waals surface area contributed by atoms with Crippen LogP contribution in [0.2, 0.25) is 0 Å². The van der Waals surface area contributed by atoms with Gasteiger partial charge in [0.15, 0.2) is 0 Å². The molecule has 1 rings (SSSR count). The van der Waals surface area contributed by atoms with E-state index in [1.807, 2.05) is 0 Å². The summed E-state index contributed by atoms with van der Waals surface area (Å²) in [6, 6.07) is 3.34. The molecule has 3 N–H and O–H groups in total. The van der Waals surface area contributed by atoms with E-state index in [-0.39, 0.29) is 5.75 Å². The number of aryl methyl sites for hydroxylation is 2. The summed E-state index contributed by atoms with van der Waals surface area (Å²) in [5.74, 6) is 0.244. The first-order valence-corrected chi connectivity index (χ1v) is 4.70. The second kappa shape index (κ2) is 4.42. The predicted molar refractivity (Wildman–Crippen MR) is 55.1 cm³/mol. The van der Waals surface area contributed by atoms with Crippen molar-refractivity contribution in [2.75, 3.05) is 6.54 Å². The maximum absolute atomic E-state index is 13.5. The highest BCUT2D eigenvalue weighted by atomic mass is 19.1. The fourth-order valence-electron chi connectivity index (χ4n) is 1.48. The number of hydrogen-bond acceptors (Lipinski definition) is 2. The number of nitrogens with two attached hydrogens (primary N) is 1. The van der Waals surface area contributed by atoms with E-state index in [1.165, 1.54) is 0 Å². The average molecular weight is 197 g/mol. The molecule has 0 bridgehead atoms. The van der Waals surface area contributed by atoms with Crippen LogP contribution in [0.3, 0.4) is 0 Å². The number of hydrogen-bond donors (Lipinski definition) is 2. The van der Waals surface area contributed by atoms with Gasteiger partial charge in [-0.3, -0.25) is 0 Å². The fourth-order valence-corrected chi connectivity index (χ4v) is 1.48. The van der Waals surface area contributed by atoms with E-state index in [0.29, 0.717) is 29.7 Å². The minimum Gasteiger partial charge on any atom is -0.507 e. The molecular weight excluding hydrogens is 181 g/mol. The lowest BCUT2D eigenvalue weighted by Gasteiger charge is -2.11. The largest absolute Gasteiger partial charge is 0.507 e. The van der Waals surface area contributed by atoms with Gasteiger partial charge in [0.1, 0.15) is 11.9 Å². The zero-order valence-corrected chi connectivity index (χ0v) is 8.55. The molecule has 0 heterocycles. The Labute approximate surface area is 83.6 Å². The number of phenolic OH excluding ortho intramolecular Hbond substituents is 1. The SMILES string of the molecule is Cc1cc(C(F)CCN)cc(C)c1O. The smallest absolute Gasteiger partial charge is 0.126 e. The first kappa shape index (κ1) is 11.0. The predicted octanol–water partition coefficient (Wildman–Crippen LogP) is 2.37. The van der Waals surface area contributed by atoms with E-state index in [1.54, 1.807) is 26.0 Å². The molecule has 0 fully saturated rings. The Morgan fingerprint density at radius 1 is 1.36 bits per heavy atom. The van der Waals surface area contributed by atoms with Gasteiger partial charge < -0.3 is 10.8 Å². The molecule has 0 radical (unpaired) electrons. The molecule has 1 aromatic rings. The van der Waals surface area contributed by atoms with Crippen molar-refractivity contribution in [3.63, 3.8) is 0 Å². The zero-order valence-electron chi connectivity index (χ0n) is 8.55. The molecule has 78 valence electrons. The van der Waals surface area contributed by atoms with Crippen LogP contribution in [0, 0.1) is 13.8 Å². The molecule has 14 heavy (non-hydrogen) atoms. The molecule has 1 aromatic carbocycles. The Kier molecular flexibility index (Phi) is 3.47. The molecule has 0 aliphatic carbocycles. The summed E-state index contributed by atoms with van der Waals surface area (Å²) in [5, 5.41) is 9.50. The number of phenols is 1. The molecular formula is C11H16FNO. The molecule has 1 atom stereocenters.